The van der Waals surface area contributed by atoms with Crippen molar-refractivity contribution in [1.82, 2.24) is 24.9 Å². The predicted octanol–water partition coefficient (Wildman–Crippen LogP) is 4.97. The molecule has 160 valence electrons. The fourth-order valence-electron chi connectivity index (χ4n) is 3.32. The molecule has 0 aliphatic carbocycles. The Morgan fingerprint density at radius 1 is 1.03 bits per heavy atom. The van der Waals surface area contributed by atoms with E-state index in [4.69, 9.17) is 0 Å². The van der Waals surface area contributed by atoms with E-state index in [2.05, 4.69) is 15.1 Å². The molecule has 1 amide bonds. The van der Waals surface area contributed by atoms with Crippen LogP contribution in [0.4, 0.5) is 13.2 Å². The van der Waals surface area contributed by atoms with Gasteiger partial charge in [0, 0.05) is 40.7 Å². The first-order chi connectivity index (χ1) is 15.4. The predicted molar refractivity (Wildman–Crippen MR) is 115 cm³/mol. The van der Waals surface area contributed by atoms with Crippen LogP contribution in [0.2, 0.25) is 0 Å². The summed E-state index contributed by atoms with van der Waals surface area (Å²) in [6.45, 7) is -1.37. The number of hydrogen-bond acceptors (Lipinski definition) is 5. The van der Waals surface area contributed by atoms with Crippen LogP contribution in [-0.2, 0) is 0 Å². The summed E-state index contributed by atoms with van der Waals surface area (Å²) in [5.74, 6) is -0.769. The number of alkyl halides is 3. The van der Waals surface area contributed by atoms with Gasteiger partial charge in [-0.2, -0.15) is 18.3 Å². The van der Waals surface area contributed by atoms with Gasteiger partial charge in [0.1, 0.15) is 6.54 Å². The van der Waals surface area contributed by atoms with Crippen molar-refractivity contribution in [2.45, 2.75) is 6.18 Å². The topological polar surface area (TPSA) is 72.2 Å². The number of pyridine rings is 1. The third-order valence-corrected chi connectivity index (χ3v) is 5.79. The van der Waals surface area contributed by atoms with Gasteiger partial charge in [0.2, 0.25) is 0 Å². The second-order valence-electron chi connectivity index (χ2n) is 7.08. The molecule has 0 atom stereocenters. The number of benzene rings is 1. The van der Waals surface area contributed by atoms with Gasteiger partial charge in [0.25, 0.3) is 5.91 Å². The van der Waals surface area contributed by atoms with E-state index in [-0.39, 0.29) is 4.88 Å². The lowest BCUT2D eigenvalue weighted by atomic mass is 10.1. The van der Waals surface area contributed by atoms with Crippen LogP contribution < -0.4 is 5.32 Å². The van der Waals surface area contributed by atoms with Crippen molar-refractivity contribution < 1.29 is 18.0 Å². The van der Waals surface area contributed by atoms with Crippen LogP contribution in [0.5, 0.6) is 0 Å². The zero-order valence-corrected chi connectivity index (χ0v) is 17.1. The van der Waals surface area contributed by atoms with Gasteiger partial charge in [-0.1, -0.05) is 18.2 Å². The number of nitrogens with zero attached hydrogens (tertiary/aromatic N) is 4. The van der Waals surface area contributed by atoms with E-state index in [1.807, 2.05) is 41.8 Å². The lowest BCUT2D eigenvalue weighted by Crippen LogP contribution is -2.33. The van der Waals surface area contributed by atoms with Crippen molar-refractivity contribution in [2.24, 2.45) is 0 Å². The molecule has 4 heterocycles. The zero-order valence-electron chi connectivity index (χ0n) is 16.3. The summed E-state index contributed by atoms with van der Waals surface area (Å²) in [5.41, 5.74) is 4.55. The number of nitrogens with one attached hydrogen (secondary N) is 1. The smallest absolute Gasteiger partial charge is 0.342 e. The van der Waals surface area contributed by atoms with Gasteiger partial charge in [-0.3, -0.25) is 9.78 Å². The molecule has 0 spiro atoms. The maximum atomic E-state index is 12.3. The summed E-state index contributed by atoms with van der Waals surface area (Å²) in [6.07, 6.45) is 2.49. The lowest BCUT2D eigenvalue weighted by molar-refractivity contribution is -0.123. The fourth-order valence-corrected chi connectivity index (χ4v) is 4.14. The monoisotopic (exact) mass is 453 g/mol. The Kier molecular flexibility index (Phi) is 4.86. The fraction of sp³-hybridized carbons (Fsp3) is 0.0909. The Hall–Kier alpha value is -3.79. The number of hydrogen-bond donors (Lipinski definition) is 1. The van der Waals surface area contributed by atoms with Crippen LogP contribution >= 0.6 is 11.3 Å². The molecule has 1 aromatic carbocycles. The van der Waals surface area contributed by atoms with Crippen LogP contribution in [0.3, 0.4) is 0 Å². The molecule has 5 rings (SSSR count). The summed E-state index contributed by atoms with van der Waals surface area (Å²) in [4.78, 5) is 21.2. The van der Waals surface area contributed by atoms with Crippen molar-refractivity contribution >= 4 is 33.8 Å². The van der Waals surface area contributed by atoms with Crippen LogP contribution in [0.1, 0.15) is 9.67 Å². The Balaban J connectivity index is 1.43. The summed E-state index contributed by atoms with van der Waals surface area (Å²) < 4.78 is 38.6. The number of para-hydroxylation sites is 1. The van der Waals surface area contributed by atoms with Crippen molar-refractivity contribution in [3.05, 3.63) is 71.4 Å². The number of carbonyl (C=O) groups is 1. The molecule has 5 aromatic rings. The number of thiophene rings is 1. The third-order valence-electron chi connectivity index (χ3n) is 4.86. The summed E-state index contributed by atoms with van der Waals surface area (Å²) in [6, 6.07) is 11.4. The molecule has 0 aliphatic heterocycles. The minimum Gasteiger partial charge on any atom is -0.342 e. The highest BCUT2D eigenvalue weighted by Crippen LogP contribution is 2.30. The molecule has 10 heteroatoms. The molecule has 0 saturated carbocycles. The Labute approximate surface area is 183 Å². The Morgan fingerprint density at radius 3 is 2.69 bits per heavy atom. The molecule has 1 N–H and O–H groups in total. The van der Waals surface area contributed by atoms with Gasteiger partial charge in [0.15, 0.2) is 5.65 Å². The molecule has 32 heavy (non-hydrogen) atoms. The van der Waals surface area contributed by atoms with Crippen molar-refractivity contribution in [3.8, 4) is 22.3 Å². The highest BCUT2D eigenvalue weighted by Gasteiger charge is 2.28. The molecular formula is C22H14F3N5OS. The van der Waals surface area contributed by atoms with Gasteiger partial charge < -0.3 is 5.32 Å². The van der Waals surface area contributed by atoms with E-state index in [1.165, 1.54) is 6.07 Å². The lowest BCUT2D eigenvalue weighted by Gasteiger charge is -2.06. The average molecular weight is 453 g/mol. The first kappa shape index (κ1) is 20.1. The van der Waals surface area contributed by atoms with E-state index in [1.54, 1.807) is 28.5 Å². The number of fused-ring (bicyclic) bond motifs is 2. The van der Waals surface area contributed by atoms with E-state index in [9.17, 15) is 18.0 Å². The van der Waals surface area contributed by atoms with E-state index < -0.39 is 18.6 Å². The third kappa shape index (κ3) is 3.92. The first-order valence-electron chi connectivity index (χ1n) is 9.50. The number of halogens is 3. The van der Waals surface area contributed by atoms with Crippen LogP contribution in [0.25, 0.3) is 38.8 Å². The van der Waals surface area contributed by atoms with Gasteiger partial charge >= 0.3 is 6.18 Å². The number of aromatic nitrogens is 4. The van der Waals surface area contributed by atoms with Gasteiger partial charge in [-0.15, -0.1) is 11.3 Å². The summed E-state index contributed by atoms with van der Waals surface area (Å²) in [5, 5.41) is 8.94. The van der Waals surface area contributed by atoms with Crippen molar-refractivity contribution in [1.29, 1.82) is 0 Å². The molecule has 0 aliphatic rings. The second-order valence-corrected chi connectivity index (χ2v) is 7.99. The minimum atomic E-state index is -4.46. The highest BCUT2D eigenvalue weighted by molar-refractivity contribution is 7.12. The molecule has 6 nitrogen and oxygen atoms in total. The van der Waals surface area contributed by atoms with Crippen LogP contribution in [0, 0.1) is 0 Å². The van der Waals surface area contributed by atoms with E-state index in [0.29, 0.717) is 16.8 Å². The van der Waals surface area contributed by atoms with E-state index >= 15 is 0 Å². The second kappa shape index (κ2) is 7.72. The highest BCUT2D eigenvalue weighted by atomic mass is 32.1. The number of carbonyl (C=O) groups excluding carboxylic acids is 1. The molecule has 0 unspecified atom stereocenters. The van der Waals surface area contributed by atoms with Crippen molar-refractivity contribution in [3.63, 3.8) is 0 Å². The maximum Gasteiger partial charge on any atom is 0.405 e. The minimum absolute atomic E-state index is 0.183. The van der Waals surface area contributed by atoms with Gasteiger partial charge in [-0.25, -0.2) is 9.50 Å². The SMILES string of the molecule is O=C(NCC(F)(F)F)c1cc(-c2cnn3cc(-c4cnc5ccccc5c4)cnc23)cs1. The average Bonchev–Trinajstić information content (AvgIpc) is 3.43. The van der Waals surface area contributed by atoms with Crippen molar-refractivity contribution in [2.75, 3.05) is 6.54 Å². The van der Waals surface area contributed by atoms with E-state index in [0.717, 1.165) is 33.4 Å². The molecule has 0 saturated heterocycles. The molecule has 0 radical (unpaired) electrons. The molecule has 4 aromatic heterocycles. The Morgan fingerprint density at radius 2 is 1.84 bits per heavy atom. The number of amides is 1. The van der Waals surface area contributed by atoms with Gasteiger partial charge in [0.05, 0.1) is 16.6 Å². The summed E-state index contributed by atoms with van der Waals surface area (Å²) in [7, 11) is 0. The summed E-state index contributed by atoms with van der Waals surface area (Å²) >= 11 is 1.06. The number of rotatable bonds is 4. The van der Waals surface area contributed by atoms with Crippen LogP contribution in [-0.4, -0.2) is 38.2 Å². The zero-order chi connectivity index (χ0) is 22.3. The van der Waals surface area contributed by atoms with Crippen LogP contribution in [0.15, 0.2) is 66.6 Å². The molecular weight excluding hydrogens is 439 g/mol. The normalized spacial score (nSPS) is 11.8. The quantitative estimate of drug-likeness (QED) is 0.417. The Bertz CT molecular complexity index is 1460. The largest absolute Gasteiger partial charge is 0.405 e. The molecule has 0 fully saturated rings. The standard InChI is InChI=1S/C22H14F3N5OS/c23-22(24,25)12-28-21(31)19-6-15(11-32-19)17-9-29-30-10-16(8-27-20(17)30)14-5-13-3-1-2-4-18(13)26-7-14/h1-11H,12H2,(H,28,31). The van der Waals surface area contributed by atoms with Gasteiger partial charge in [-0.05, 0) is 29.1 Å². The maximum absolute atomic E-state index is 12.3. The first-order valence-corrected chi connectivity index (χ1v) is 10.4. The molecule has 0 bridgehead atoms.